The van der Waals surface area contributed by atoms with Crippen LogP contribution >= 0.6 is 11.3 Å². The van der Waals surface area contributed by atoms with Gasteiger partial charge in [-0.15, -0.1) is 11.3 Å². The molecular formula is C16H26N2OS. The third-order valence-electron chi connectivity index (χ3n) is 4.17. The molecule has 1 saturated heterocycles. The first-order chi connectivity index (χ1) is 9.70. The molecule has 1 aromatic rings. The second-order valence-electron chi connectivity index (χ2n) is 5.69. The molecule has 1 atom stereocenters. The summed E-state index contributed by atoms with van der Waals surface area (Å²) < 4.78 is 0. The lowest BCUT2D eigenvalue weighted by atomic mass is 10.1. The van der Waals surface area contributed by atoms with Gasteiger partial charge in [0.05, 0.1) is 4.88 Å². The van der Waals surface area contributed by atoms with Crippen LogP contribution in [0.4, 0.5) is 0 Å². The predicted molar refractivity (Wildman–Crippen MR) is 85.6 cm³/mol. The zero-order valence-electron chi connectivity index (χ0n) is 12.7. The van der Waals surface area contributed by atoms with Crippen LogP contribution in [-0.2, 0) is 0 Å². The number of ketones is 1. The molecule has 4 heteroatoms. The number of nitrogens with zero attached hydrogens (tertiary/aromatic N) is 2. The van der Waals surface area contributed by atoms with E-state index in [0.717, 1.165) is 37.0 Å². The lowest BCUT2D eigenvalue weighted by molar-refractivity contribution is 0.0978. The Morgan fingerprint density at radius 2 is 2.40 bits per heavy atom. The number of Topliss-reactive ketones (excluding diaryl/α,β-unsaturated/α-hetero) is 1. The van der Waals surface area contributed by atoms with Crippen LogP contribution in [0.25, 0.3) is 0 Å². The molecule has 2 heterocycles. The van der Waals surface area contributed by atoms with E-state index in [2.05, 4.69) is 23.8 Å². The highest BCUT2D eigenvalue weighted by Gasteiger charge is 2.23. The van der Waals surface area contributed by atoms with E-state index in [9.17, 15) is 4.79 Å². The zero-order chi connectivity index (χ0) is 14.4. The van der Waals surface area contributed by atoms with Gasteiger partial charge in [-0.05, 0) is 57.4 Å². The maximum atomic E-state index is 11.9. The summed E-state index contributed by atoms with van der Waals surface area (Å²) in [5.74, 6) is 0.296. The average Bonchev–Trinajstić information content (AvgIpc) is 3.09. The van der Waals surface area contributed by atoms with Gasteiger partial charge in [0.15, 0.2) is 5.78 Å². The number of thiophene rings is 1. The van der Waals surface area contributed by atoms with Crippen LogP contribution in [0.3, 0.4) is 0 Å². The molecule has 0 aromatic carbocycles. The molecule has 0 spiro atoms. The zero-order valence-corrected chi connectivity index (χ0v) is 13.5. The molecule has 112 valence electrons. The second-order valence-corrected chi connectivity index (χ2v) is 6.64. The van der Waals surface area contributed by atoms with Crippen LogP contribution in [-0.4, -0.2) is 54.9 Å². The summed E-state index contributed by atoms with van der Waals surface area (Å²) in [6.45, 7) is 6.82. The van der Waals surface area contributed by atoms with E-state index >= 15 is 0 Å². The average molecular weight is 294 g/mol. The van der Waals surface area contributed by atoms with Crippen molar-refractivity contribution in [3.63, 3.8) is 0 Å². The normalized spacial score (nSPS) is 19.9. The maximum absolute atomic E-state index is 11.9. The summed E-state index contributed by atoms with van der Waals surface area (Å²) in [4.78, 5) is 17.8. The lowest BCUT2D eigenvalue weighted by Gasteiger charge is -2.27. The summed E-state index contributed by atoms with van der Waals surface area (Å²) >= 11 is 1.55. The first-order valence-electron chi connectivity index (χ1n) is 7.70. The molecule has 0 radical (unpaired) electrons. The molecule has 1 aliphatic heterocycles. The third-order valence-corrected chi connectivity index (χ3v) is 5.08. The number of likely N-dealkylation sites (N-methyl/N-ethyl adjacent to an activating group) is 2. The fourth-order valence-electron chi connectivity index (χ4n) is 3.04. The molecule has 2 rings (SSSR count). The second kappa shape index (κ2) is 7.91. The molecule has 0 saturated carbocycles. The minimum atomic E-state index is 0.296. The summed E-state index contributed by atoms with van der Waals surface area (Å²) in [6.07, 6.45) is 4.30. The number of rotatable bonds is 8. The van der Waals surface area contributed by atoms with Gasteiger partial charge in [0, 0.05) is 19.0 Å². The van der Waals surface area contributed by atoms with Crippen molar-refractivity contribution in [2.45, 2.75) is 38.6 Å². The molecule has 0 bridgehead atoms. The largest absolute Gasteiger partial charge is 0.305 e. The van der Waals surface area contributed by atoms with Gasteiger partial charge in [-0.25, -0.2) is 0 Å². The van der Waals surface area contributed by atoms with E-state index in [4.69, 9.17) is 0 Å². The summed E-state index contributed by atoms with van der Waals surface area (Å²) in [5, 5.41) is 1.97. The number of hydrogen-bond acceptors (Lipinski definition) is 4. The van der Waals surface area contributed by atoms with Crippen LogP contribution in [0.2, 0.25) is 0 Å². The molecule has 1 aliphatic rings. The van der Waals surface area contributed by atoms with Gasteiger partial charge in [-0.2, -0.15) is 0 Å². The van der Waals surface area contributed by atoms with Crippen molar-refractivity contribution in [1.29, 1.82) is 0 Å². The first kappa shape index (κ1) is 15.7. The van der Waals surface area contributed by atoms with Gasteiger partial charge in [0.25, 0.3) is 0 Å². The first-order valence-corrected chi connectivity index (χ1v) is 8.58. The van der Waals surface area contributed by atoms with Crippen molar-refractivity contribution >= 4 is 17.1 Å². The molecule has 1 unspecified atom stereocenters. The van der Waals surface area contributed by atoms with E-state index in [0.29, 0.717) is 12.2 Å². The van der Waals surface area contributed by atoms with Gasteiger partial charge < -0.3 is 4.90 Å². The van der Waals surface area contributed by atoms with Crippen LogP contribution in [0, 0.1) is 0 Å². The number of likely N-dealkylation sites (tertiary alicyclic amines) is 1. The molecule has 20 heavy (non-hydrogen) atoms. The van der Waals surface area contributed by atoms with Gasteiger partial charge >= 0.3 is 0 Å². The van der Waals surface area contributed by atoms with Crippen molar-refractivity contribution in [2.75, 3.05) is 33.2 Å². The molecule has 1 fully saturated rings. The monoisotopic (exact) mass is 294 g/mol. The molecular weight excluding hydrogens is 268 g/mol. The quantitative estimate of drug-likeness (QED) is 0.688. The highest BCUT2D eigenvalue weighted by molar-refractivity contribution is 7.12. The Hall–Kier alpha value is -0.710. The molecule has 3 nitrogen and oxygen atoms in total. The SMILES string of the molecule is CCN1CCCC1CN(C)CCCC(=O)c1cccs1. The van der Waals surface area contributed by atoms with Crippen molar-refractivity contribution in [2.24, 2.45) is 0 Å². The van der Waals surface area contributed by atoms with Gasteiger partial charge in [0.2, 0.25) is 0 Å². The van der Waals surface area contributed by atoms with E-state index in [1.165, 1.54) is 19.4 Å². The number of hydrogen-bond donors (Lipinski definition) is 0. The molecule has 0 amide bonds. The molecule has 0 N–H and O–H groups in total. The fourth-order valence-corrected chi connectivity index (χ4v) is 3.73. The number of carbonyl (C=O) groups excluding carboxylic acids is 1. The lowest BCUT2D eigenvalue weighted by Crippen LogP contribution is -2.39. The van der Waals surface area contributed by atoms with Crippen LogP contribution in [0.15, 0.2) is 17.5 Å². The Morgan fingerprint density at radius 3 is 3.10 bits per heavy atom. The number of carbonyl (C=O) groups is 1. The highest BCUT2D eigenvalue weighted by Crippen LogP contribution is 2.17. The van der Waals surface area contributed by atoms with E-state index < -0.39 is 0 Å². The predicted octanol–water partition coefficient (Wildman–Crippen LogP) is 3.13. The van der Waals surface area contributed by atoms with Crippen molar-refractivity contribution in [3.05, 3.63) is 22.4 Å². The van der Waals surface area contributed by atoms with Gasteiger partial charge in [-0.3, -0.25) is 9.69 Å². The third kappa shape index (κ3) is 4.40. The highest BCUT2D eigenvalue weighted by atomic mass is 32.1. The molecule has 1 aromatic heterocycles. The Morgan fingerprint density at radius 1 is 1.55 bits per heavy atom. The summed E-state index contributed by atoms with van der Waals surface area (Å²) in [5.41, 5.74) is 0. The smallest absolute Gasteiger partial charge is 0.172 e. The minimum absolute atomic E-state index is 0.296. The summed E-state index contributed by atoms with van der Waals surface area (Å²) in [7, 11) is 2.18. The maximum Gasteiger partial charge on any atom is 0.172 e. The van der Waals surface area contributed by atoms with Gasteiger partial charge in [-0.1, -0.05) is 13.0 Å². The van der Waals surface area contributed by atoms with Crippen LogP contribution in [0.1, 0.15) is 42.3 Å². The van der Waals surface area contributed by atoms with Crippen molar-refractivity contribution in [3.8, 4) is 0 Å². The van der Waals surface area contributed by atoms with Crippen LogP contribution < -0.4 is 0 Å². The Balaban J connectivity index is 1.65. The Kier molecular flexibility index (Phi) is 6.20. The van der Waals surface area contributed by atoms with E-state index in [1.54, 1.807) is 11.3 Å². The molecule has 0 aliphatic carbocycles. The Labute approximate surface area is 126 Å². The van der Waals surface area contributed by atoms with E-state index in [1.807, 2.05) is 17.5 Å². The summed E-state index contributed by atoms with van der Waals surface area (Å²) in [6, 6.07) is 4.59. The van der Waals surface area contributed by atoms with Crippen molar-refractivity contribution in [1.82, 2.24) is 9.80 Å². The topological polar surface area (TPSA) is 23.6 Å². The fraction of sp³-hybridized carbons (Fsp3) is 0.688. The van der Waals surface area contributed by atoms with Crippen LogP contribution in [0.5, 0.6) is 0 Å². The van der Waals surface area contributed by atoms with E-state index in [-0.39, 0.29) is 0 Å². The van der Waals surface area contributed by atoms with Gasteiger partial charge in [0.1, 0.15) is 0 Å². The standard InChI is InChI=1S/C16H26N2OS/c1-3-18-11-4-7-14(18)13-17(2)10-5-8-15(19)16-9-6-12-20-16/h6,9,12,14H,3-5,7-8,10-11,13H2,1-2H3. The Bertz CT molecular complexity index is 405. The minimum Gasteiger partial charge on any atom is -0.305 e. The van der Waals surface area contributed by atoms with Crippen molar-refractivity contribution < 1.29 is 4.79 Å².